The number of hydrogen-bond donors (Lipinski definition) is 0. The van der Waals surface area contributed by atoms with Crippen molar-refractivity contribution >= 4 is 11.6 Å². The number of halogens is 1. The van der Waals surface area contributed by atoms with Crippen molar-refractivity contribution in [3.63, 3.8) is 0 Å². The lowest BCUT2D eigenvalue weighted by Crippen LogP contribution is -1.92. The summed E-state index contributed by atoms with van der Waals surface area (Å²) in [5, 5.41) is 0. The first-order valence-electron chi connectivity index (χ1n) is 5.39. The van der Waals surface area contributed by atoms with E-state index in [4.69, 9.17) is 16.3 Å². The summed E-state index contributed by atoms with van der Waals surface area (Å²) < 4.78 is 5.34. The molecule has 16 heavy (non-hydrogen) atoms. The smallest absolute Gasteiger partial charge is 0.135 e. The Morgan fingerprint density at radius 2 is 2.06 bits per heavy atom. The summed E-state index contributed by atoms with van der Waals surface area (Å²) in [6.45, 7) is 4.11. The van der Waals surface area contributed by atoms with E-state index in [1.54, 1.807) is 7.11 Å². The first kappa shape index (κ1) is 12.9. The summed E-state index contributed by atoms with van der Waals surface area (Å²) in [5.74, 6) is 7.81. The second kappa shape index (κ2) is 6.45. The molecule has 0 bridgehead atoms. The molecule has 0 amide bonds. The Hall–Kier alpha value is -1.13. The molecule has 2 heteroatoms. The highest BCUT2D eigenvalue weighted by Crippen LogP contribution is 2.23. The van der Waals surface area contributed by atoms with Gasteiger partial charge in [-0.1, -0.05) is 17.9 Å². The third-order valence-electron chi connectivity index (χ3n) is 2.31. The van der Waals surface area contributed by atoms with Gasteiger partial charge in [0.05, 0.1) is 12.7 Å². The van der Waals surface area contributed by atoms with E-state index >= 15 is 0 Å². The third kappa shape index (κ3) is 3.47. The number of hydrogen-bond acceptors (Lipinski definition) is 1. The second-order valence-electron chi connectivity index (χ2n) is 3.75. The summed E-state index contributed by atoms with van der Waals surface area (Å²) in [6, 6.07) is 4.13. The van der Waals surface area contributed by atoms with E-state index in [2.05, 4.69) is 31.8 Å². The fourth-order valence-electron chi connectivity index (χ4n) is 1.56. The molecule has 0 atom stereocenters. The molecule has 0 N–H and O–H groups in total. The molecule has 0 heterocycles. The van der Waals surface area contributed by atoms with Gasteiger partial charge in [0, 0.05) is 12.3 Å². The van der Waals surface area contributed by atoms with E-state index in [1.807, 2.05) is 6.07 Å². The normalized spacial score (nSPS) is 9.50. The monoisotopic (exact) mass is 236 g/mol. The highest BCUT2D eigenvalue weighted by atomic mass is 35.5. The van der Waals surface area contributed by atoms with Crippen LogP contribution in [0.15, 0.2) is 12.1 Å². The lowest BCUT2D eigenvalue weighted by atomic mass is 10.0. The van der Waals surface area contributed by atoms with Gasteiger partial charge in [0.1, 0.15) is 5.75 Å². The third-order valence-corrected chi connectivity index (χ3v) is 2.58. The van der Waals surface area contributed by atoms with Crippen LogP contribution in [0.4, 0.5) is 0 Å². The van der Waals surface area contributed by atoms with Crippen LogP contribution in [0.25, 0.3) is 0 Å². The number of unbranched alkanes of at least 4 members (excludes halogenated alkanes) is 1. The van der Waals surface area contributed by atoms with Crippen LogP contribution in [-0.2, 0) is 0 Å². The van der Waals surface area contributed by atoms with Gasteiger partial charge in [0.2, 0.25) is 0 Å². The number of aryl methyl sites for hydroxylation is 2. The minimum absolute atomic E-state index is 0.665. The molecule has 0 saturated heterocycles. The molecule has 1 aromatic carbocycles. The highest BCUT2D eigenvalue weighted by Gasteiger charge is 2.04. The summed E-state index contributed by atoms with van der Waals surface area (Å²) in [7, 11) is 1.68. The van der Waals surface area contributed by atoms with Gasteiger partial charge in [-0.15, -0.1) is 11.6 Å². The first-order valence-corrected chi connectivity index (χ1v) is 5.92. The van der Waals surface area contributed by atoms with Crippen molar-refractivity contribution in [2.24, 2.45) is 0 Å². The van der Waals surface area contributed by atoms with Crippen molar-refractivity contribution < 1.29 is 4.74 Å². The maximum Gasteiger partial charge on any atom is 0.135 e. The number of benzene rings is 1. The average Bonchev–Trinajstić information content (AvgIpc) is 2.26. The Bertz CT molecular complexity index is 413. The van der Waals surface area contributed by atoms with Crippen LogP contribution < -0.4 is 4.74 Å². The van der Waals surface area contributed by atoms with Crippen LogP contribution in [0.5, 0.6) is 5.75 Å². The maximum atomic E-state index is 5.60. The van der Waals surface area contributed by atoms with Crippen LogP contribution in [0.2, 0.25) is 0 Å². The predicted octanol–water partition coefficient (Wildman–Crippen LogP) is 3.68. The number of rotatable bonds is 3. The van der Waals surface area contributed by atoms with Gasteiger partial charge in [-0.25, -0.2) is 0 Å². The van der Waals surface area contributed by atoms with Crippen molar-refractivity contribution in [3.8, 4) is 17.6 Å². The van der Waals surface area contributed by atoms with E-state index in [9.17, 15) is 0 Å². The number of ether oxygens (including phenoxy) is 1. The highest BCUT2D eigenvalue weighted by molar-refractivity contribution is 6.17. The molecule has 1 nitrogen and oxygen atoms in total. The molecule has 0 aromatic heterocycles. The molecule has 0 radical (unpaired) electrons. The van der Waals surface area contributed by atoms with Crippen LogP contribution in [0, 0.1) is 25.7 Å². The van der Waals surface area contributed by atoms with Gasteiger partial charge in [-0.05, 0) is 37.5 Å². The standard InChI is InChI=1S/C14H17ClO/c1-11-9-12(2)13(14(10-11)16-3)7-5-4-6-8-15/h9-10H,4,6,8H2,1-3H3. The zero-order valence-electron chi connectivity index (χ0n) is 10.1. The molecule has 0 saturated carbocycles. The van der Waals surface area contributed by atoms with Crippen molar-refractivity contribution in [3.05, 3.63) is 28.8 Å². The quantitative estimate of drug-likeness (QED) is 0.442. The van der Waals surface area contributed by atoms with E-state index < -0.39 is 0 Å². The molecule has 86 valence electrons. The summed E-state index contributed by atoms with van der Waals surface area (Å²) in [5.41, 5.74) is 3.35. The topological polar surface area (TPSA) is 9.23 Å². The Labute approximate surface area is 103 Å². The van der Waals surface area contributed by atoms with Gasteiger partial charge in [-0.3, -0.25) is 0 Å². The van der Waals surface area contributed by atoms with Crippen molar-refractivity contribution in [1.82, 2.24) is 0 Å². The van der Waals surface area contributed by atoms with Crippen LogP contribution in [0.3, 0.4) is 0 Å². The van der Waals surface area contributed by atoms with Crippen molar-refractivity contribution in [2.45, 2.75) is 26.7 Å². The Kier molecular flexibility index (Phi) is 5.22. The largest absolute Gasteiger partial charge is 0.495 e. The molecule has 0 spiro atoms. The molecule has 1 rings (SSSR count). The van der Waals surface area contributed by atoms with E-state index in [-0.39, 0.29) is 0 Å². The number of alkyl halides is 1. The molecule has 0 unspecified atom stereocenters. The summed E-state index contributed by atoms with van der Waals surface area (Å²) in [4.78, 5) is 0. The average molecular weight is 237 g/mol. The lowest BCUT2D eigenvalue weighted by Gasteiger charge is -2.07. The Balaban J connectivity index is 2.96. The van der Waals surface area contributed by atoms with E-state index in [1.165, 1.54) is 5.56 Å². The van der Waals surface area contributed by atoms with E-state index in [0.29, 0.717) is 5.88 Å². The minimum atomic E-state index is 0.665. The fraction of sp³-hybridized carbons (Fsp3) is 0.429. The van der Waals surface area contributed by atoms with Crippen LogP contribution in [0.1, 0.15) is 29.5 Å². The Morgan fingerprint density at radius 1 is 1.31 bits per heavy atom. The van der Waals surface area contributed by atoms with Crippen LogP contribution >= 0.6 is 11.6 Å². The van der Waals surface area contributed by atoms with Gasteiger partial charge in [-0.2, -0.15) is 0 Å². The Morgan fingerprint density at radius 3 is 2.69 bits per heavy atom. The predicted molar refractivity (Wildman–Crippen MR) is 69.3 cm³/mol. The molecule has 0 aliphatic carbocycles. The van der Waals surface area contributed by atoms with Crippen molar-refractivity contribution in [1.29, 1.82) is 0 Å². The molecular formula is C14H17ClO. The molecular weight excluding hydrogens is 220 g/mol. The SMILES string of the molecule is COc1cc(C)cc(C)c1C#CCCCCl. The molecule has 0 aliphatic rings. The molecule has 0 fully saturated rings. The molecule has 1 aromatic rings. The minimum Gasteiger partial charge on any atom is -0.495 e. The van der Waals surface area contributed by atoms with E-state index in [0.717, 1.165) is 29.7 Å². The van der Waals surface area contributed by atoms with Gasteiger partial charge in [0.15, 0.2) is 0 Å². The first-order chi connectivity index (χ1) is 7.69. The fourth-order valence-corrected chi connectivity index (χ4v) is 1.69. The zero-order valence-corrected chi connectivity index (χ0v) is 10.8. The molecule has 0 aliphatic heterocycles. The lowest BCUT2D eigenvalue weighted by molar-refractivity contribution is 0.413. The second-order valence-corrected chi connectivity index (χ2v) is 4.13. The van der Waals surface area contributed by atoms with Crippen LogP contribution in [-0.4, -0.2) is 13.0 Å². The summed E-state index contributed by atoms with van der Waals surface area (Å²) in [6.07, 6.45) is 1.77. The van der Waals surface area contributed by atoms with Gasteiger partial charge < -0.3 is 4.74 Å². The zero-order chi connectivity index (χ0) is 12.0. The van der Waals surface area contributed by atoms with Gasteiger partial charge in [0.25, 0.3) is 0 Å². The summed E-state index contributed by atoms with van der Waals surface area (Å²) >= 11 is 5.60. The maximum absolute atomic E-state index is 5.60. The number of methoxy groups -OCH3 is 1. The van der Waals surface area contributed by atoms with Gasteiger partial charge >= 0.3 is 0 Å². The van der Waals surface area contributed by atoms with Crippen molar-refractivity contribution in [2.75, 3.05) is 13.0 Å².